The lowest BCUT2D eigenvalue weighted by Crippen LogP contribution is -2.44. The van der Waals surface area contributed by atoms with Crippen LogP contribution in [0.3, 0.4) is 0 Å². The van der Waals surface area contributed by atoms with Gasteiger partial charge in [0.15, 0.2) is 5.79 Å². The molecule has 1 aliphatic heterocycles. The summed E-state index contributed by atoms with van der Waals surface area (Å²) < 4.78 is 12.2. The maximum Gasteiger partial charge on any atom is 0.163 e. The molecule has 1 aromatic heterocycles. The van der Waals surface area contributed by atoms with Crippen molar-refractivity contribution < 1.29 is 9.47 Å². The highest BCUT2D eigenvalue weighted by atomic mass is 16.7. The number of pyridine rings is 1. The van der Waals surface area contributed by atoms with E-state index in [0.29, 0.717) is 6.10 Å². The van der Waals surface area contributed by atoms with Crippen molar-refractivity contribution in [1.82, 2.24) is 4.98 Å². The number of hydrogen-bond acceptors (Lipinski definition) is 3. The summed E-state index contributed by atoms with van der Waals surface area (Å²) in [5, 5.41) is 0. The molecule has 0 radical (unpaired) electrons. The van der Waals surface area contributed by atoms with Crippen molar-refractivity contribution in [2.45, 2.75) is 105 Å². The molecule has 4 rings (SSSR count). The lowest BCUT2D eigenvalue weighted by Gasteiger charge is -2.40. The fourth-order valence-corrected chi connectivity index (χ4v) is 4.98. The van der Waals surface area contributed by atoms with Gasteiger partial charge in [0.2, 0.25) is 0 Å². The molecule has 1 fully saturated rings. The molecule has 164 valence electrons. The normalized spacial score (nSPS) is 21.8. The van der Waals surface area contributed by atoms with Crippen LogP contribution in [-0.2, 0) is 28.7 Å². The van der Waals surface area contributed by atoms with E-state index >= 15 is 0 Å². The zero-order valence-electron chi connectivity index (χ0n) is 20.0. The van der Waals surface area contributed by atoms with E-state index < -0.39 is 5.79 Å². The second-order valence-corrected chi connectivity index (χ2v) is 8.91. The number of hydrogen-bond donors (Lipinski definition) is 0. The predicted molar refractivity (Wildman–Crippen MR) is 124 cm³/mol. The first-order valence-electron chi connectivity index (χ1n) is 11.8. The van der Waals surface area contributed by atoms with Crippen LogP contribution >= 0.6 is 0 Å². The van der Waals surface area contributed by atoms with Gasteiger partial charge in [-0.05, 0) is 81.2 Å². The fraction of sp³-hybridized carbons (Fsp3) is 0.593. The molecule has 0 amide bonds. The summed E-state index contributed by atoms with van der Waals surface area (Å²) in [5.74, 6) is -0.481. The molecule has 0 spiro atoms. The first-order valence-corrected chi connectivity index (χ1v) is 11.8. The standard InChI is InChI=1S/C25H33NO2.C2H6/c1-6-20-15-21(28-25(4,5)27-20)11-12-22-16(2)23-13-18-9-7-8-10-19(18)14-24(23)26-17(22)3;1-2/h7-10,20-21H,6,11-15H2,1-5H3;1-2H3/t20-,21+;/m0./s1. The van der Waals surface area contributed by atoms with Crippen LogP contribution in [0.1, 0.15) is 93.1 Å². The molecular formula is C27H39NO2. The van der Waals surface area contributed by atoms with Gasteiger partial charge >= 0.3 is 0 Å². The Bertz CT molecular complexity index is 871. The summed E-state index contributed by atoms with van der Waals surface area (Å²) in [6.45, 7) is 14.7. The van der Waals surface area contributed by atoms with Crippen molar-refractivity contribution in [2.75, 3.05) is 0 Å². The van der Waals surface area contributed by atoms with Crippen molar-refractivity contribution in [1.29, 1.82) is 0 Å². The van der Waals surface area contributed by atoms with Gasteiger partial charge in [0.1, 0.15) is 0 Å². The molecule has 30 heavy (non-hydrogen) atoms. The van der Waals surface area contributed by atoms with Gasteiger partial charge in [0.05, 0.1) is 12.2 Å². The zero-order chi connectivity index (χ0) is 21.9. The van der Waals surface area contributed by atoms with Crippen LogP contribution in [-0.4, -0.2) is 23.0 Å². The smallest absolute Gasteiger partial charge is 0.163 e. The minimum Gasteiger partial charge on any atom is -0.347 e. The van der Waals surface area contributed by atoms with Crippen LogP contribution in [0.25, 0.3) is 0 Å². The molecule has 2 aliphatic rings. The highest BCUT2D eigenvalue weighted by Gasteiger charge is 2.34. The molecule has 1 aliphatic carbocycles. The molecule has 1 saturated heterocycles. The van der Waals surface area contributed by atoms with Gasteiger partial charge in [-0.2, -0.15) is 0 Å². The lowest BCUT2D eigenvalue weighted by atomic mass is 9.84. The van der Waals surface area contributed by atoms with Crippen molar-refractivity contribution >= 4 is 0 Å². The lowest BCUT2D eigenvalue weighted by molar-refractivity contribution is -0.300. The summed E-state index contributed by atoms with van der Waals surface area (Å²) in [6, 6.07) is 8.79. The highest BCUT2D eigenvalue weighted by Crippen LogP contribution is 2.33. The number of rotatable bonds is 4. The minimum absolute atomic E-state index is 0.254. The molecule has 0 N–H and O–H groups in total. The number of fused-ring (bicyclic) bond motifs is 2. The van der Waals surface area contributed by atoms with Crippen LogP contribution in [0.4, 0.5) is 0 Å². The van der Waals surface area contributed by atoms with Crippen molar-refractivity contribution in [3.05, 3.63) is 63.5 Å². The quantitative estimate of drug-likeness (QED) is 0.495. The monoisotopic (exact) mass is 409 g/mol. The average Bonchev–Trinajstić information content (AvgIpc) is 2.73. The predicted octanol–water partition coefficient (Wildman–Crippen LogP) is 6.47. The zero-order valence-corrected chi connectivity index (χ0v) is 20.0. The van der Waals surface area contributed by atoms with Gasteiger partial charge in [-0.15, -0.1) is 0 Å². The summed E-state index contributed by atoms with van der Waals surface area (Å²) in [4.78, 5) is 5.03. The van der Waals surface area contributed by atoms with E-state index in [9.17, 15) is 0 Å². The molecule has 1 aromatic carbocycles. The van der Waals surface area contributed by atoms with E-state index in [1.165, 1.54) is 39.2 Å². The molecule has 2 aromatic rings. The van der Waals surface area contributed by atoms with Crippen LogP contribution in [0.2, 0.25) is 0 Å². The first kappa shape index (κ1) is 23.0. The molecule has 0 saturated carbocycles. The minimum atomic E-state index is -0.481. The number of benzene rings is 1. The van der Waals surface area contributed by atoms with Crippen LogP contribution < -0.4 is 0 Å². The average molecular weight is 410 g/mol. The second-order valence-electron chi connectivity index (χ2n) is 8.91. The third kappa shape index (κ3) is 4.95. The van der Waals surface area contributed by atoms with E-state index in [-0.39, 0.29) is 6.10 Å². The van der Waals surface area contributed by atoms with E-state index in [1.807, 2.05) is 27.7 Å². The maximum absolute atomic E-state index is 6.22. The number of ether oxygens (including phenoxy) is 2. The molecule has 3 nitrogen and oxygen atoms in total. The van der Waals surface area contributed by atoms with E-state index in [4.69, 9.17) is 14.5 Å². The first-order chi connectivity index (χ1) is 14.4. The molecule has 3 heteroatoms. The van der Waals surface area contributed by atoms with Crippen molar-refractivity contribution in [3.63, 3.8) is 0 Å². The Labute approximate surface area is 183 Å². The molecule has 2 atom stereocenters. The Kier molecular flexibility index (Phi) is 7.36. The molecular weight excluding hydrogens is 370 g/mol. The largest absolute Gasteiger partial charge is 0.347 e. The molecule has 0 unspecified atom stereocenters. The molecule has 2 heterocycles. The third-order valence-electron chi connectivity index (χ3n) is 6.43. The van der Waals surface area contributed by atoms with E-state index in [2.05, 4.69) is 45.0 Å². The van der Waals surface area contributed by atoms with E-state index in [0.717, 1.165) is 38.5 Å². The number of nitrogens with zero attached hydrogens (tertiary/aromatic N) is 1. The summed E-state index contributed by atoms with van der Waals surface area (Å²) >= 11 is 0. The van der Waals surface area contributed by atoms with Gasteiger partial charge in [0, 0.05) is 24.2 Å². The van der Waals surface area contributed by atoms with Crippen molar-refractivity contribution in [3.8, 4) is 0 Å². The SMILES string of the molecule is CC.CC[C@H]1C[C@@H](CCc2c(C)nc3c(c2C)Cc2ccccc2C3)OC(C)(C)O1. The van der Waals surface area contributed by atoms with E-state index in [1.54, 1.807) is 0 Å². The molecule has 0 bridgehead atoms. The van der Waals surface area contributed by atoms with Gasteiger partial charge in [-0.25, -0.2) is 0 Å². The Morgan fingerprint density at radius 2 is 1.63 bits per heavy atom. The van der Waals surface area contributed by atoms with Gasteiger partial charge in [0.25, 0.3) is 0 Å². The van der Waals surface area contributed by atoms with Gasteiger partial charge < -0.3 is 9.47 Å². The summed E-state index contributed by atoms with van der Waals surface area (Å²) in [5.41, 5.74) is 9.64. The van der Waals surface area contributed by atoms with Crippen molar-refractivity contribution in [2.24, 2.45) is 0 Å². The highest BCUT2D eigenvalue weighted by molar-refractivity contribution is 5.49. The van der Waals surface area contributed by atoms with Gasteiger partial charge in [-0.1, -0.05) is 45.0 Å². The van der Waals surface area contributed by atoms with Crippen LogP contribution in [0, 0.1) is 13.8 Å². The Morgan fingerprint density at radius 1 is 1.00 bits per heavy atom. The maximum atomic E-state index is 6.22. The number of aryl methyl sites for hydroxylation is 1. The summed E-state index contributed by atoms with van der Waals surface area (Å²) in [7, 11) is 0. The second kappa shape index (κ2) is 9.62. The van der Waals surface area contributed by atoms with Crippen LogP contribution in [0.15, 0.2) is 24.3 Å². The van der Waals surface area contributed by atoms with Crippen LogP contribution in [0.5, 0.6) is 0 Å². The topological polar surface area (TPSA) is 31.4 Å². The fourth-order valence-electron chi connectivity index (χ4n) is 4.98. The van der Waals surface area contributed by atoms with Gasteiger partial charge in [-0.3, -0.25) is 4.98 Å². The third-order valence-corrected chi connectivity index (χ3v) is 6.43. The Balaban J connectivity index is 0.00000124. The number of aromatic nitrogens is 1. The Morgan fingerprint density at radius 3 is 2.30 bits per heavy atom. The Hall–Kier alpha value is -1.71. The summed E-state index contributed by atoms with van der Waals surface area (Å²) in [6.07, 6.45) is 6.61.